The summed E-state index contributed by atoms with van der Waals surface area (Å²) in [6.07, 6.45) is 3.08. The van der Waals surface area contributed by atoms with Crippen LogP contribution in [-0.4, -0.2) is 21.5 Å². The van der Waals surface area contributed by atoms with Crippen LogP contribution in [0.15, 0.2) is 18.5 Å². The molecule has 0 spiro atoms. The van der Waals surface area contributed by atoms with E-state index in [0.717, 1.165) is 22.3 Å². The fourth-order valence-electron chi connectivity index (χ4n) is 2.74. The zero-order valence-electron chi connectivity index (χ0n) is 13.6. The molecule has 5 nitrogen and oxygen atoms in total. The lowest BCUT2D eigenvalue weighted by Crippen LogP contribution is -2.10. The van der Waals surface area contributed by atoms with E-state index in [-0.39, 0.29) is 12.4 Å². The van der Waals surface area contributed by atoms with Gasteiger partial charge in [-0.15, -0.1) is 0 Å². The highest BCUT2D eigenvalue weighted by Gasteiger charge is 2.16. The third kappa shape index (κ3) is 3.08. The van der Waals surface area contributed by atoms with Gasteiger partial charge in [0.2, 0.25) is 0 Å². The van der Waals surface area contributed by atoms with Gasteiger partial charge in [-0.2, -0.15) is 5.10 Å². The fraction of sp³-hybridized carbons (Fsp3) is 0.353. The average Bonchev–Trinajstić information content (AvgIpc) is 2.84. The van der Waals surface area contributed by atoms with Crippen molar-refractivity contribution in [2.24, 2.45) is 7.05 Å². The highest BCUT2D eigenvalue weighted by molar-refractivity contribution is 5.97. The van der Waals surface area contributed by atoms with Crippen molar-refractivity contribution >= 4 is 11.8 Å². The van der Waals surface area contributed by atoms with Crippen LogP contribution in [0.25, 0.3) is 0 Å². The zero-order valence-corrected chi connectivity index (χ0v) is 13.6. The van der Waals surface area contributed by atoms with E-state index in [1.165, 1.54) is 6.20 Å². The lowest BCUT2D eigenvalue weighted by Gasteiger charge is -2.15. The van der Waals surface area contributed by atoms with Gasteiger partial charge in [0, 0.05) is 18.8 Å². The first-order valence-electron chi connectivity index (χ1n) is 7.07. The van der Waals surface area contributed by atoms with E-state index in [4.69, 9.17) is 4.74 Å². The van der Waals surface area contributed by atoms with Crippen LogP contribution in [-0.2, 0) is 18.4 Å². The van der Waals surface area contributed by atoms with Gasteiger partial charge >= 0.3 is 5.97 Å². The molecule has 0 N–H and O–H groups in total. The second-order valence-corrected chi connectivity index (χ2v) is 5.52. The molecule has 0 amide bonds. The normalized spacial score (nSPS) is 10.6. The molecule has 2 rings (SSSR count). The number of esters is 1. The van der Waals surface area contributed by atoms with Crippen molar-refractivity contribution in [3.63, 3.8) is 0 Å². The minimum absolute atomic E-state index is 0.0230. The molecule has 0 bridgehead atoms. The number of carbonyl (C=O) groups is 2. The summed E-state index contributed by atoms with van der Waals surface area (Å²) >= 11 is 0. The lowest BCUT2D eigenvalue weighted by atomic mass is 9.92. The summed E-state index contributed by atoms with van der Waals surface area (Å²) in [6.45, 7) is 7.46. The van der Waals surface area contributed by atoms with Crippen molar-refractivity contribution in [3.8, 4) is 0 Å². The van der Waals surface area contributed by atoms with E-state index in [1.807, 2.05) is 26.8 Å². The van der Waals surface area contributed by atoms with Crippen LogP contribution >= 0.6 is 0 Å². The average molecular weight is 300 g/mol. The number of nitrogens with zero attached hydrogens (tertiary/aromatic N) is 2. The number of carbonyl (C=O) groups excluding carboxylic acids is 2. The lowest BCUT2D eigenvalue weighted by molar-refractivity contribution is 0.0471. The predicted molar refractivity (Wildman–Crippen MR) is 83.0 cm³/mol. The predicted octanol–water partition coefficient (Wildman–Crippen LogP) is 2.90. The fourth-order valence-corrected chi connectivity index (χ4v) is 2.74. The first kappa shape index (κ1) is 15.9. The molecule has 1 aromatic carbocycles. The Labute approximate surface area is 129 Å². The van der Waals surface area contributed by atoms with Crippen LogP contribution in [0.4, 0.5) is 0 Å². The summed E-state index contributed by atoms with van der Waals surface area (Å²) in [5.41, 5.74) is 4.84. The van der Waals surface area contributed by atoms with Crippen LogP contribution in [0.5, 0.6) is 0 Å². The maximum atomic E-state index is 12.0. The van der Waals surface area contributed by atoms with Gasteiger partial charge < -0.3 is 4.74 Å². The minimum Gasteiger partial charge on any atom is -0.457 e. The number of ether oxygens (including phenoxy) is 1. The molecule has 116 valence electrons. The second-order valence-electron chi connectivity index (χ2n) is 5.52. The van der Waals surface area contributed by atoms with E-state index >= 15 is 0 Å². The standard InChI is InChI=1S/C17H20N2O3/c1-10-6-11(2)16(13(4)20)12(3)15(10)9-22-17(21)14-7-18-19(5)8-14/h6-8H,9H2,1-5H3. The molecule has 0 aliphatic heterocycles. The number of benzene rings is 1. The molecule has 0 aliphatic rings. The van der Waals surface area contributed by atoms with Crippen LogP contribution in [0.3, 0.4) is 0 Å². The molecule has 22 heavy (non-hydrogen) atoms. The highest BCUT2D eigenvalue weighted by Crippen LogP contribution is 2.24. The van der Waals surface area contributed by atoms with Crippen molar-refractivity contribution in [2.75, 3.05) is 0 Å². The molecular formula is C17H20N2O3. The van der Waals surface area contributed by atoms with E-state index in [1.54, 1.807) is 24.9 Å². The summed E-state index contributed by atoms with van der Waals surface area (Å²) in [5, 5.41) is 3.95. The van der Waals surface area contributed by atoms with Gasteiger partial charge in [-0.3, -0.25) is 9.48 Å². The van der Waals surface area contributed by atoms with Crippen LogP contribution in [0, 0.1) is 20.8 Å². The maximum Gasteiger partial charge on any atom is 0.341 e. The third-order valence-electron chi connectivity index (χ3n) is 3.77. The molecule has 0 aliphatic carbocycles. The van der Waals surface area contributed by atoms with E-state index in [0.29, 0.717) is 11.1 Å². The Bertz CT molecular complexity index is 745. The summed E-state index contributed by atoms with van der Waals surface area (Å²) < 4.78 is 6.91. The van der Waals surface area contributed by atoms with E-state index < -0.39 is 5.97 Å². The zero-order chi connectivity index (χ0) is 16.4. The Kier molecular flexibility index (Phi) is 4.45. The Hall–Kier alpha value is -2.43. The molecule has 0 fully saturated rings. The highest BCUT2D eigenvalue weighted by atomic mass is 16.5. The third-order valence-corrected chi connectivity index (χ3v) is 3.77. The maximum absolute atomic E-state index is 12.0. The van der Waals surface area contributed by atoms with Crippen molar-refractivity contribution in [1.82, 2.24) is 9.78 Å². The Balaban J connectivity index is 2.25. The number of hydrogen-bond donors (Lipinski definition) is 0. The van der Waals surface area contributed by atoms with Crippen LogP contribution in [0.2, 0.25) is 0 Å². The number of ketones is 1. The molecular weight excluding hydrogens is 280 g/mol. The molecule has 0 radical (unpaired) electrons. The Morgan fingerprint density at radius 2 is 1.91 bits per heavy atom. The topological polar surface area (TPSA) is 61.2 Å². The monoisotopic (exact) mass is 300 g/mol. The van der Waals surface area contributed by atoms with Gasteiger partial charge in [-0.1, -0.05) is 6.07 Å². The van der Waals surface area contributed by atoms with Crippen LogP contribution < -0.4 is 0 Å². The smallest absolute Gasteiger partial charge is 0.341 e. The van der Waals surface area contributed by atoms with Gasteiger partial charge in [0.1, 0.15) is 6.61 Å². The Morgan fingerprint density at radius 3 is 2.45 bits per heavy atom. The molecule has 5 heteroatoms. The molecule has 0 unspecified atom stereocenters. The van der Waals surface area contributed by atoms with Crippen molar-refractivity contribution in [1.29, 1.82) is 0 Å². The molecule has 2 aromatic rings. The van der Waals surface area contributed by atoms with Gasteiger partial charge in [-0.05, 0) is 49.9 Å². The molecule has 1 heterocycles. The van der Waals surface area contributed by atoms with E-state index in [9.17, 15) is 9.59 Å². The number of aromatic nitrogens is 2. The van der Waals surface area contributed by atoms with Gasteiger partial charge in [-0.25, -0.2) is 4.79 Å². The first-order valence-corrected chi connectivity index (χ1v) is 7.07. The van der Waals surface area contributed by atoms with Crippen LogP contribution in [0.1, 0.15) is 49.9 Å². The summed E-state index contributed by atoms with van der Waals surface area (Å²) in [6, 6.07) is 1.96. The summed E-state index contributed by atoms with van der Waals surface area (Å²) in [5.74, 6) is -0.397. The number of aryl methyl sites for hydroxylation is 3. The molecule has 1 aromatic heterocycles. The summed E-state index contributed by atoms with van der Waals surface area (Å²) in [4.78, 5) is 23.8. The second kappa shape index (κ2) is 6.13. The van der Waals surface area contributed by atoms with Gasteiger partial charge in [0.05, 0.1) is 11.8 Å². The first-order chi connectivity index (χ1) is 10.3. The number of rotatable bonds is 4. The Morgan fingerprint density at radius 1 is 1.23 bits per heavy atom. The van der Waals surface area contributed by atoms with Gasteiger partial charge in [0.15, 0.2) is 5.78 Å². The minimum atomic E-state index is -0.420. The number of Topliss-reactive ketones (excluding diaryl/α,β-unsaturated/α-hetero) is 1. The van der Waals surface area contributed by atoms with Crippen molar-refractivity contribution in [2.45, 2.75) is 34.3 Å². The molecule has 0 saturated heterocycles. The molecule has 0 atom stereocenters. The molecule has 0 saturated carbocycles. The van der Waals surface area contributed by atoms with Crippen molar-refractivity contribution < 1.29 is 14.3 Å². The van der Waals surface area contributed by atoms with E-state index in [2.05, 4.69) is 5.10 Å². The quantitative estimate of drug-likeness (QED) is 0.643. The SMILES string of the molecule is CC(=O)c1c(C)cc(C)c(COC(=O)c2cnn(C)c2)c1C. The van der Waals surface area contributed by atoms with Crippen molar-refractivity contribution in [3.05, 3.63) is 51.8 Å². The summed E-state index contributed by atoms with van der Waals surface area (Å²) in [7, 11) is 1.74. The number of hydrogen-bond acceptors (Lipinski definition) is 4. The largest absolute Gasteiger partial charge is 0.457 e. The van der Waals surface area contributed by atoms with Gasteiger partial charge in [0.25, 0.3) is 0 Å².